The van der Waals surface area contributed by atoms with Crippen LogP contribution in [0, 0.1) is 0 Å². The third-order valence-corrected chi connectivity index (χ3v) is 0. The van der Waals surface area contributed by atoms with Crippen LogP contribution in [0.1, 0.15) is 0 Å². The second kappa shape index (κ2) is 77.8. The molecule has 0 aliphatic rings. The minimum absolute atomic E-state index is 0. The van der Waals surface area contributed by atoms with Crippen LogP contribution in [0.15, 0.2) is 26.3 Å². The van der Waals surface area contributed by atoms with Crippen LogP contribution in [0.25, 0.3) is 0 Å². The molecule has 0 aromatic rings. The van der Waals surface area contributed by atoms with E-state index in [-0.39, 0.29) is 118 Å². The Balaban J connectivity index is -0.00000000167. The van der Waals surface area contributed by atoms with E-state index in [1.807, 2.05) is 0 Å². The van der Waals surface area contributed by atoms with Crippen molar-refractivity contribution in [3.8, 4) is 0 Å². The van der Waals surface area contributed by atoms with Crippen molar-refractivity contribution in [2.75, 3.05) is 0 Å². The Morgan fingerprint density at radius 1 is 0.375 bits per heavy atom. The minimum atomic E-state index is 0. The van der Waals surface area contributed by atoms with Crippen molar-refractivity contribution in [1.82, 2.24) is 0 Å². The summed E-state index contributed by atoms with van der Waals surface area (Å²) >= 11 is 0. The quantitative estimate of drug-likeness (QED) is 0.236. The second-order valence-electron chi connectivity index (χ2n) is 0. The molecule has 8 heavy (non-hydrogen) atoms. The van der Waals surface area contributed by atoms with Crippen LogP contribution in [-0.2, 0) is 0 Å². The van der Waals surface area contributed by atoms with Crippen molar-refractivity contribution in [3.05, 3.63) is 26.3 Å². The second-order valence-corrected chi connectivity index (χ2v) is 0. The zero-order valence-corrected chi connectivity index (χ0v) is 14.8. The summed E-state index contributed by atoms with van der Waals surface area (Å²) in [5.41, 5.74) is 0. The molecule has 24 valence electrons. The summed E-state index contributed by atoms with van der Waals surface area (Å²) in [6.45, 7) is 12.0. The molecule has 0 aliphatic heterocycles. The van der Waals surface area contributed by atoms with E-state index in [1.54, 1.807) is 0 Å². The van der Waals surface area contributed by atoms with Crippen LogP contribution in [0.5, 0.6) is 0 Å². The molecule has 0 spiro atoms. The number of hydrogen-bond acceptors (Lipinski definition) is 0. The van der Waals surface area contributed by atoms with E-state index in [0.717, 1.165) is 0 Å². The molecule has 0 heterocycles. The molecule has 0 aromatic carbocycles. The standard InChI is InChI=1S/2C2H4.4Na/c2*1-2;;;;/h2*1-2H2;;;;/q;;4*+1. The fourth-order valence-electron chi connectivity index (χ4n) is 0. The maximum absolute atomic E-state index is 3.00. The van der Waals surface area contributed by atoms with Gasteiger partial charge in [-0.1, -0.05) is 0 Å². The monoisotopic (exact) mass is 148 g/mol. The first kappa shape index (κ1) is 42.0. The van der Waals surface area contributed by atoms with Gasteiger partial charge in [-0.2, -0.15) is 0 Å². The first-order valence-corrected chi connectivity index (χ1v) is 1.000. The molecule has 0 aromatic heterocycles. The molecular weight excluding hydrogens is 140 g/mol. The first-order chi connectivity index (χ1) is 2.00. The van der Waals surface area contributed by atoms with Crippen molar-refractivity contribution in [2.24, 2.45) is 0 Å². The van der Waals surface area contributed by atoms with Crippen LogP contribution in [-0.4, -0.2) is 0 Å². The van der Waals surface area contributed by atoms with Gasteiger partial charge in [0.15, 0.2) is 0 Å². The Hall–Kier alpha value is 3.48. The molecule has 0 atom stereocenters. The van der Waals surface area contributed by atoms with Crippen molar-refractivity contribution < 1.29 is 118 Å². The van der Waals surface area contributed by atoms with Crippen molar-refractivity contribution in [3.63, 3.8) is 0 Å². The molecule has 0 aliphatic carbocycles. The van der Waals surface area contributed by atoms with Gasteiger partial charge in [0.05, 0.1) is 0 Å². The first-order valence-electron chi connectivity index (χ1n) is 1.000. The van der Waals surface area contributed by atoms with E-state index in [9.17, 15) is 0 Å². The number of rotatable bonds is 0. The van der Waals surface area contributed by atoms with Gasteiger partial charge in [-0.3, -0.25) is 0 Å². The van der Waals surface area contributed by atoms with E-state index in [1.165, 1.54) is 0 Å². The van der Waals surface area contributed by atoms with Crippen LogP contribution in [0.2, 0.25) is 0 Å². The van der Waals surface area contributed by atoms with Gasteiger partial charge in [0.2, 0.25) is 0 Å². The molecule has 0 unspecified atom stereocenters. The molecule has 0 fully saturated rings. The maximum Gasteiger partial charge on any atom is 1.00 e. The summed E-state index contributed by atoms with van der Waals surface area (Å²) in [6.07, 6.45) is 0. The van der Waals surface area contributed by atoms with Gasteiger partial charge in [-0.05, 0) is 0 Å². The van der Waals surface area contributed by atoms with Gasteiger partial charge in [-0.15, -0.1) is 26.3 Å². The van der Waals surface area contributed by atoms with Gasteiger partial charge in [-0.25, -0.2) is 0 Å². The average molecular weight is 148 g/mol. The summed E-state index contributed by atoms with van der Waals surface area (Å²) in [5.74, 6) is 0. The predicted molar refractivity (Wildman–Crippen MR) is 22.5 cm³/mol. The molecule has 0 N–H and O–H groups in total. The van der Waals surface area contributed by atoms with Crippen molar-refractivity contribution in [2.45, 2.75) is 0 Å². The SMILES string of the molecule is C=C.C=C.[Na+].[Na+].[Na+].[Na+]. The van der Waals surface area contributed by atoms with E-state index in [4.69, 9.17) is 0 Å². The molecule has 0 saturated heterocycles. The molecule has 0 radical (unpaired) electrons. The zero-order chi connectivity index (χ0) is 4.00. The minimum Gasteiger partial charge on any atom is -0.106 e. The summed E-state index contributed by atoms with van der Waals surface area (Å²) < 4.78 is 0. The predicted octanol–water partition coefficient (Wildman–Crippen LogP) is -10.4. The van der Waals surface area contributed by atoms with Gasteiger partial charge < -0.3 is 0 Å². The molecular formula is C4H8Na4+4. The number of hydrogen-bond donors (Lipinski definition) is 0. The third kappa shape index (κ3) is 56.3. The van der Waals surface area contributed by atoms with Gasteiger partial charge in [0.1, 0.15) is 0 Å². The van der Waals surface area contributed by atoms with Gasteiger partial charge in [0.25, 0.3) is 0 Å². The summed E-state index contributed by atoms with van der Waals surface area (Å²) in [5, 5.41) is 0. The average Bonchev–Trinajstić information content (AvgIpc) is 1.50. The van der Waals surface area contributed by atoms with Crippen LogP contribution >= 0.6 is 0 Å². The van der Waals surface area contributed by atoms with Gasteiger partial charge in [0, 0.05) is 0 Å². The zero-order valence-electron chi connectivity index (χ0n) is 6.83. The van der Waals surface area contributed by atoms with Crippen LogP contribution < -0.4 is 118 Å². The van der Waals surface area contributed by atoms with E-state index in [2.05, 4.69) is 26.3 Å². The summed E-state index contributed by atoms with van der Waals surface area (Å²) in [7, 11) is 0. The molecule has 0 amide bonds. The largest absolute Gasteiger partial charge is 1.00 e. The molecule has 0 saturated carbocycles. The van der Waals surface area contributed by atoms with E-state index >= 15 is 0 Å². The normalized spacial score (nSPS) is 1.00. The molecule has 0 bridgehead atoms. The summed E-state index contributed by atoms with van der Waals surface area (Å²) in [6, 6.07) is 0. The Kier molecular flexibility index (Phi) is 408. The topological polar surface area (TPSA) is 0 Å². The van der Waals surface area contributed by atoms with Crippen molar-refractivity contribution in [1.29, 1.82) is 0 Å². The van der Waals surface area contributed by atoms with E-state index < -0.39 is 0 Å². The Bertz CT molecular complexity index is 10.0. The van der Waals surface area contributed by atoms with Crippen LogP contribution in [0.4, 0.5) is 0 Å². The Labute approximate surface area is 141 Å². The molecule has 4 heteroatoms. The van der Waals surface area contributed by atoms with Crippen molar-refractivity contribution >= 4 is 0 Å². The smallest absolute Gasteiger partial charge is 0.106 e. The fraction of sp³-hybridized carbons (Fsp3) is 0. The van der Waals surface area contributed by atoms with Gasteiger partial charge >= 0.3 is 118 Å². The fourth-order valence-corrected chi connectivity index (χ4v) is 0. The Morgan fingerprint density at radius 2 is 0.375 bits per heavy atom. The third-order valence-electron chi connectivity index (χ3n) is 0. The summed E-state index contributed by atoms with van der Waals surface area (Å²) in [4.78, 5) is 0. The van der Waals surface area contributed by atoms with E-state index in [0.29, 0.717) is 0 Å². The maximum atomic E-state index is 3.00. The molecule has 0 rings (SSSR count). The molecule has 0 nitrogen and oxygen atoms in total. The Morgan fingerprint density at radius 3 is 0.375 bits per heavy atom. The van der Waals surface area contributed by atoms with Crippen LogP contribution in [0.3, 0.4) is 0 Å².